The first-order valence-corrected chi connectivity index (χ1v) is 9.39. The van der Waals surface area contributed by atoms with Crippen LogP contribution in [0, 0.1) is 5.82 Å². The normalized spacial score (nSPS) is 15.4. The van der Waals surface area contributed by atoms with Gasteiger partial charge in [-0.3, -0.25) is 9.59 Å². The molecule has 0 atom stereocenters. The number of carbonyl (C=O) groups is 1. The number of aromatic amines is 1. The topological polar surface area (TPSA) is 68.4 Å². The highest BCUT2D eigenvalue weighted by Gasteiger charge is 2.36. The van der Waals surface area contributed by atoms with Crippen LogP contribution in [0.25, 0.3) is 0 Å². The molecule has 0 aliphatic carbocycles. The van der Waals surface area contributed by atoms with Crippen LogP contribution in [0.5, 0.6) is 0 Å². The van der Waals surface area contributed by atoms with Crippen molar-refractivity contribution in [2.75, 3.05) is 43.4 Å². The van der Waals surface area contributed by atoms with Crippen LogP contribution in [0.1, 0.15) is 15.9 Å². The SMILES string of the molecule is CN1CCN(c2c(F)cc(Br)cc2NC(=O)c2c[nH]c(=O)cc2C(F)(F)F)CC1. The number of nitrogens with zero attached hydrogens (tertiary/aromatic N) is 2. The molecule has 0 saturated carbocycles. The number of carbonyl (C=O) groups excluding carboxylic acids is 1. The molecule has 11 heteroatoms. The molecule has 1 aromatic heterocycles. The second-order valence-electron chi connectivity index (χ2n) is 6.65. The van der Waals surface area contributed by atoms with Crippen LogP contribution in [0.4, 0.5) is 28.9 Å². The molecule has 0 spiro atoms. The van der Waals surface area contributed by atoms with Crippen molar-refractivity contribution < 1.29 is 22.4 Å². The van der Waals surface area contributed by atoms with Gasteiger partial charge >= 0.3 is 6.18 Å². The number of pyridine rings is 1. The Balaban J connectivity index is 1.99. The van der Waals surface area contributed by atoms with E-state index in [2.05, 4.69) is 31.1 Å². The van der Waals surface area contributed by atoms with Crippen molar-refractivity contribution in [3.8, 4) is 0 Å². The lowest BCUT2D eigenvalue weighted by atomic mass is 10.1. The van der Waals surface area contributed by atoms with Crippen molar-refractivity contribution in [1.82, 2.24) is 9.88 Å². The van der Waals surface area contributed by atoms with Gasteiger partial charge in [-0.15, -0.1) is 0 Å². The molecule has 1 fully saturated rings. The fourth-order valence-corrected chi connectivity index (χ4v) is 3.53. The third-order valence-corrected chi connectivity index (χ3v) is 5.03. The monoisotopic (exact) mass is 476 g/mol. The minimum absolute atomic E-state index is 0.0331. The number of nitrogens with one attached hydrogen (secondary N) is 2. The van der Waals surface area contributed by atoms with Gasteiger partial charge in [0.2, 0.25) is 5.56 Å². The van der Waals surface area contributed by atoms with E-state index in [9.17, 15) is 27.2 Å². The molecule has 6 nitrogen and oxygen atoms in total. The number of alkyl halides is 3. The number of anilines is 2. The van der Waals surface area contributed by atoms with E-state index in [-0.39, 0.29) is 11.4 Å². The van der Waals surface area contributed by atoms with Gasteiger partial charge in [0.05, 0.1) is 22.5 Å². The van der Waals surface area contributed by atoms with Crippen LogP contribution < -0.4 is 15.8 Å². The first-order valence-electron chi connectivity index (χ1n) is 8.60. The summed E-state index contributed by atoms with van der Waals surface area (Å²) in [5.41, 5.74) is -2.98. The van der Waals surface area contributed by atoms with Crippen LogP contribution in [0.3, 0.4) is 0 Å². The Hall–Kier alpha value is -2.40. The van der Waals surface area contributed by atoms with Gasteiger partial charge in [0.15, 0.2) is 0 Å². The molecule has 1 saturated heterocycles. The van der Waals surface area contributed by atoms with E-state index in [1.54, 1.807) is 4.90 Å². The second kappa shape index (κ2) is 8.15. The van der Waals surface area contributed by atoms with Gasteiger partial charge in [0, 0.05) is 42.9 Å². The lowest BCUT2D eigenvalue weighted by molar-refractivity contribution is -0.138. The van der Waals surface area contributed by atoms with Crippen LogP contribution >= 0.6 is 15.9 Å². The van der Waals surface area contributed by atoms with Gasteiger partial charge in [-0.1, -0.05) is 15.9 Å². The molecule has 1 aliphatic heterocycles. The molecule has 2 N–H and O–H groups in total. The Labute approximate surface area is 171 Å². The molecule has 2 aromatic rings. The third-order valence-electron chi connectivity index (χ3n) is 4.57. The minimum atomic E-state index is -4.90. The number of halogens is 5. The molecule has 0 bridgehead atoms. The maximum Gasteiger partial charge on any atom is 0.417 e. The van der Waals surface area contributed by atoms with Crippen LogP contribution in [0.2, 0.25) is 0 Å². The van der Waals surface area contributed by atoms with Crippen LogP contribution in [-0.4, -0.2) is 49.0 Å². The summed E-state index contributed by atoms with van der Waals surface area (Å²) in [6, 6.07) is 2.97. The lowest BCUT2D eigenvalue weighted by Crippen LogP contribution is -2.45. The molecule has 29 heavy (non-hydrogen) atoms. The number of benzene rings is 1. The first kappa shape index (κ1) is 21.3. The van der Waals surface area contributed by atoms with E-state index in [0.717, 1.165) is 0 Å². The maximum atomic E-state index is 14.7. The van der Waals surface area contributed by atoms with Crippen molar-refractivity contribution in [3.05, 3.63) is 56.2 Å². The molecular weight excluding hydrogens is 460 g/mol. The molecule has 156 valence electrons. The van der Waals surface area contributed by atoms with Gasteiger partial charge < -0.3 is 20.1 Å². The number of H-pyrrole nitrogens is 1. The largest absolute Gasteiger partial charge is 0.417 e. The summed E-state index contributed by atoms with van der Waals surface area (Å²) < 4.78 is 54.8. The zero-order valence-electron chi connectivity index (χ0n) is 15.2. The minimum Gasteiger partial charge on any atom is -0.365 e. The first-order chi connectivity index (χ1) is 13.6. The quantitative estimate of drug-likeness (QED) is 0.667. The Kier molecular flexibility index (Phi) is 5.99. The summed E-state index contributed by atoms with van der Waals surface area (Å²) in [5, 5.41) is 2.36. The predicted molar refractivity (Wildman–Crippen MR) is 104 cm³/mol. The molecule has 3 rings (SSSR count). The molecule has 1 aromatic carbocycles. The number of rotatable bonds is 3. The zero-order valence-corrected chi connectivity index (χ0v) is 16.8. The van der Waals surface area contributed by atoms with E-state index in [0.29, 0.717) is 42.9 Å². The van der Waals surface area contributed by atoms with E-state index >= 15 is 0 Å². The highest BCUT2D eigenvalue weighted by molar-refractivity contribution is 9.10. The fourth-order valence-electron chi connectivity index (χ4n) is 3.10. The summed E-state index contributed by atoms with van der Waals surface area (Å²) in [5.74, 6) is -1.72. The van der Waals surface area contributed by atoms with Crippen molar-refractivity contribution in [1.29, 1.82) is 0 Å². The number of hydrogen-bond acceptors (Lipinski definition) is 4. The lowest BCUT2D eigenvalue weighted by Gasteiger charge is -2.35. The van der Waals surface area contributed by atoms with E-state index < -0.39 is 34.6 Å². The Bertz CT molecular complexity index is 985. The van der Waals surface area contributed by atoms with Gasteiger partial charge in [-0.05, 0) is 19.2 Å². The molecule has 1 amide bonds. The van der Waals surface area contributed by atoms with Gasteiger partial charge in [0.1, 0.15) is 5.82 Å². The Morgan fingerprint density at radius 2 is 1.83 bits per heavy atom. The van der Waals surface area contributed by atoms with Crippen LogP contribution in [0.15, 0.2) is 33.7 Å². The third kappa shape index (κ3) is 4.78. The second-order valence-corrected chi connectivity index (χ2v) is 7.57. The summed E-state index contributed by atoms with van der Waals surface area (Å²) in [6.07, 6.45) is -4.20. The highest BCUT2D eigenvalue weighted by Crippen LogP contribution is 2.35. The Morgan fingerprint density at radius 3 is 2.45 bits per heavy atom. The molecular formula is C18H17BrF4N4O2. The maximum absolute atomic E-state index is 14.7. The summed E-state index contributed by atoms with van der Waals surface area (Å²) in [7, 11) is 1.92. The summed E-state index contributed by atoms with van der Waals surface area (Å²) >= 11 is 3.14. The predicted octanol–water partition coefficient (Wildman–Crippen LogP) is 3.30. The summed E-state index contributed by atoms with van der Waals surface area (Å²) in [4.78, 5) is 29.8. The fraction of sp³-hybridized carbons (Fsp3) is 0.333. The average Bonchev–Trinajstić information content (AvgIpc) is 2.61. The number of amides is 1. The van der Waals surface area contributed by atoms with Crippen LogP contribution in [-0.2, 0) is 6.18 Å². The number of hydrogen-bond donors (Lipinski definition) is 2. The van der Waals surface area contributed by atoms with Gasteiger partial charge in [-0.25, -0.2) is 4.39 Å². The standard InChI is InChI=1S/C18H17BrF4N4O2/c1-26-2-4-27(5-3-26)16-13(20)6-10(19)7-14(16)25-17(29)11-9-24-15(28)8-12(11)18(21,22)23/h6-9H,2-5H2,1H3,(H,24,28)(H,25,29). The number of aromatic nitrogens is 1. The number of piperazine rings is 1. The Morgan fingerprint density at radius 1 is 1.17 bits per heavy atom. The smallest absolute Gasteiger partial charge is 0.365 e. The average molecular weight is 477 g/mol. The van der Waals surface area contributed by atoms with E-state index in [4.69, 9.17) is 0 Å². The zero-order chi connectivity index (χ0) is 21.3. The molecule has 0 radical (unpaired) electrons. The highest BCUT2D eigenvalue weighted by atomic mass is 79.9. The van der Waals surface area contributed by atoms with Gasteiger partial charge in [-0.2, -0.15) is 13.2 Å². The van der Waals surface area contributed by atoms with E-state index in [1.807, 2.05) is 7.05 Å². The van der Waals surface area contributed by atoms with Crippen molar-refractivity contribution in [3.63, 3.8) is 0 Å². The molecule has 0 unspecified atom stereocenters. The molecule has 2 heterocycles. The van der Waals surface area contributed by atoms with Crippen molar-refractivity contribution in [2.45, 2.75) is 6.18 Å². The molecule has 1 aliphatic rings. The van der Waals surface area contributed by atoms with E-state index in [1.165, 1.54) is 12.1 Å². The summed E-state index contributed by atoms with van der Waals surface area (Å²) in [6.45, 7) is 2.32. The van der Waals surface area contributed by atoms with Crippen molar-refractivity contribution in [2.24, 2.45) is 0 Å². The van der Waals surface area contributed by atoms with Crippen molar-refractivity contribution >= 4 is 33.2 Å². The van der Waals surface area contributed by atoms with Gasteiger partial charge in [0.25, 0.3) is 5.91 Å². The number of likely N-dealkylation sites (N-methyl/N-ethyl adjacent to an activating group) is 1.